The molecule has 0 bridgehead atoms. The minimum atomic E-state index is -1.92. The maximum absolute atomic E-state index is 13.7. The number of aliphatic hydroxyl groups excluding tert-OH is 2. The van der Waals surface area contributed by atoms with Gasteiger partial charge in [-0.2, -0.15) is 0 Å². The van der Waals surface area contributed by atoms with Gasteiger partial charge in [-0.25, -0.2) is 4.79 Å². The fourth-order valence-electron chi connectivity index (χ4n) is 8.73. The summed E-state index contributed by atoms with van der Waals surface area (Å²) in [5.41, 5.74) is 16.3. The second-order valence-corrected chi connectivity index (χ2v) is 19.8. The fraction of sp³-hybridized carbons (Fsp3) is 0.560. The minimum absolute atomic E-state index is 0.00118. The summed E-state index contributed by atoms with van der Waals surface area (Å²) in [6, 6.07) is -6.92. The van der Waals surface area contributed by atoms with Crippen molar-refractivity contribution in [3.05, 3.63) is 29.8 Å². The first-order valence-electron chi connectivity index (χ1n) is 26.8. The normalized spacial score (nSPS) is 16.8. The van der Waals surface area contributed by atoms with Crippen LogP contribution in [0.25, 0.3) is 0 Å². The number of aliphatic hydroxyl groups is 2. The monoisotopic (exact) mass is 1220 g/mol. The Hall–Kier alpha value is -9.58. The van der Waals surface area contributed by atoms with Gasteiger partial charge < -0.3 is 106 Å². The Morgan fingerprint density at radius 2 is 1.09 bits per heavy atom. The maximum atomic E-state index is 13.7. The van der Waals surface area contributed by atoms with Crippen LogP contribution in [0.3, 0.4) is 0 Å². The highest BCUT2D eigenvalue weighted by Crippen LogP contribution is 2.21. The first kappa shape index (κ1) is 70.7. The van der Waals surface area contributed by atoms with Crippen LogP contribution in [-0.2, 0) is 83.1 Å². The van der Waals surface area contributed by atoms with Crippen molar-refractivity contribution in [1.82, 2.24) is 63.0 Å². The number of carboxylic acid groups (broad SMARTS) is 2. The van der Waals surface area contributed by atoms with Gasteiger partial charge in [-0.15, -0.1) is 0 Å². The number of primary amides is 2. The van der Waals surface area contributed by atoms with Crippen molar-refractivity contribution in [2.24, 2.45) is 17.2 Å². The van der Waals surface area contributed by atoms with Gasteiger partial charge >= 0.3 is 11.9 Å². The first-order valence-corrected chi connectivity index (χ1v) is 26.8. The van der Waals surface area contributed by atoms with Crippen molar-refractivity contribution < 1.29 is 102 Å². The molecule has 0 unspecified atom stereocenters. The third-order valence-corrected chi connectivity index (χ3v) is 13.1. The molecule has 0 spiro atoms. The SMILES string of the molecule is C[C@@H](O)[C@H](NC(=O)CN)C(=O)NCC(=O)NCC(=O)N1CCC[C@H]1C(=O)N[C@@H](CO)C(=O)N[C@@H](CCC(N)=O)C(=O)N[C@@H](CC(N)=O)C(=O)NCC(=O)N[C@@H](CCC(=O)O)C(=O)NCC(=O)N[C@@H](Cc1ccc(O)cc1)C(=O)N1CCC[C@H]1C(=O)O. The quantitative estimate of drug-likeness (QED) is 0.0300. The van der Waals surface area contributed by atoms with Crippen LogP contribution in [0.5, 0.6) is 5.75 Å². The zero-order chi connectivity index (χ0) is 64.4. The number of nitrogens with two attached hydrogens (primary N) is 3. The van der Waals surface area contributed by atoms with Crippen LogP contribution in [-0.4, -0.2) is 237 Å². The molecule has 1 aromatic rings. The Morgan fingerprint density at radius 3 is 1.65 bits per heavy atom. The molecule has 2 aliphatic rings. The molecule has 9 atom stereocenters. The number of likely N-dealkylation sites (tertiary alicyclic amines) is 2. The number of aliphatic carboxylic acids is 2. The molecule has 2 saturated heterocycles. The van der Waals surface area contributed by atoms with E-state index in [4.69, 9.17) is 17.2 Å². The summed E-state index contributed by atoms with van der Waals surface area (Å²) < 4.78 is 0. The Labute approximate surface area is 489 Å². The number of nitrogens with one attached hydrogen (secondary N) is 10. The van der Waals surface area contributed by atoms with E-state index in [-0.39, 0.29) is 44.5 Å². The largest absolute Gasteiger partial charge is 0.508 e. The van der Waals surface area contributed by atoms with E-state index in [1.54, 1.807) is 0 Å². The third-order valence-electron chi connectivity index (χ3n) is 13.1. The molecule has 21 N–H and O–H groups in total. The number of phenols is 1. The molecule has 0 aliphatic carbocycles. The number of carboxylic acids is 2. The van der Waals surface area contributed by atoms with E-state index in [0.29, 0.717) is 12.0 Å². The number of benzene rings is 1. The number of hydrogen-bond donors (Lipinski definition) is 18. The molecule has 2 fully saturated rings. The zero-order valence-corrected chi connectivity index (χ0v) is 46.6. The highest BCUT2D eigenvalue weighted by molar-refractivity contribution is 5.99. The number of hydrogen-bond acceptors (Lipinski definition) is 20. The lowest BCUT2D eigenvalue weighted by Crippen LogP contribution is -2.59. The van der Waals surface area contributed by atoms with Gasteiger partial charge in [-0.3, -0.25) is 71.9 Å². The highest BCUT2D eigenvalue weighted by Gasteiger charge is 2.40. The first-order chi connectivity index (χ1) is 40.5. The number of nitrogens with zero attached hydrogens (tertiary/aromatic N) is 2. The van der Waals surface area contributed by atoms with Gasteiger partial charge in [0.25, 0.3) is 0 Å². The van der Waals surface area contributed by atoms with Crippen LogP contribution in [0.4, 0.5) is 0 Å². The Kier molecular flexibility index (Phi) is 28.7. The molecule has 3 rings (SSSR count). The van der Waals surface area contributed by atoms with Crippen molar-refractivity contribution in [1.29, 1.82) is 0 Å². The summed E-state index contributed by atoms with van der Waals surface area (Å²) >= 11 is 0. The molecule has 36 nitrogen and oxygen atoms in total. The van der Waals surface area contributed by atoms with Gasteiger partial charge in [-0.1, -0.05) is 12.1 Å². The second-order valence-electron chi connectivity index (χ2n) is 19.8. The predicted molar refractivity (Wildman–Crippen MR) is 289 cm³/mol. The number of phenolic OH excluding ortho intramolecular Hbond substituents is 1. The van der Waals surface area contributed by atoms with Crippen LogP contribution < -0.4 is 70.4 Å². The van der Waals surface area contributed by atoms with Gasteiger partial charge in [0.15, 0.2) is 0 Å². The summed E-state index contributed by atoms with van der Waals surface area (Å²) in [5, 5.41) is 70.9. The molecule has 474 valence electrons. The number of amides is 14. The summed E-state index contributed by atoms with van der Waals surface area (Å²) in [6.07, 6.45) is -4.11. The summed E-state index contributed by atoms with van der Waals surface area (Å²) in [5.74, 6) is -17.0. The summed E-state index contributed by atoms with van der Waals surface area (Å²) in [7, 11) is 0. The number of aromatic hydroxyl groups is 1. The Bertz CT molecular complexity index is 2690. The van der Waals surface area contributed by atoms with Crippen LogP contribution in [0.15, 0.2) is 24.3 Å². The van der Waals surface area contributed by atoms with Gasteiger partial charge in [0.2, 0.25) is 82.7 Å². The molecular formula is C50H73N15O21. The van der Waals surface area contributed by atoms with Crippen LogP contribution in [0.2, 0.25) is 0 Å². The third kappa shape index (κ3) is 23.6. The van der Waals surface area contributed by atoms with E-state index < -0.39 is 221 Å². The van der Waals surface area contributed by atoms with Gasteiger partial charge in [0.05, 0.1) is 51.9 Å². The van der Waals surface area contributed by atoms with Crippen LogP contribution >= 0.6 is 0 Å². The molecule has 14 amide bonds. The molecular weight excluding hydrogens is 1150 g/mol. The number of rotatable bonds is 35. The maximum Gasteiger partial charge on any atom is 0.326 e. The van der Waals surface area contributed by atoms with E-state index in [9.17, 15) is 102 Å². The van der Waals surface area contributed by atoms with Crippen LogP contribution in [0.1, 0.15) is 70.3 Å². The van der Waals surface area contributed by atoms with Crippen LogP contribution in [0, 0.1) is 0 Å². The van der Waals surface area contributed by atoms with Crippen molar-refractivity contribution in [2.75, 3.05) is 52.4 Å². The molecule has 1 aromatic carbocycles. The topological polar surface area (TPSA) is 579 Å². The molecule has 2 heterocycles. The number of carbonyl (C=O) groups is 16. The molecule has 0 saturated carbocycles. The standard InChI is InChI=1S/C50H73N15O21/c1-24(67)42(63-36(71)18-51)48(83)57-19-37(72)54-22-40(75)64-14-2-4-32(64)47(82)62-31(23-66)46(81)60-28(10-12-34(52)69)45(80)61-29(17-35(53)70)44(79)56-20-38(73)58-27(11-13-41(76)77)43(78)55-21-39(74)59-30(16-25-6-8-26(68)9-7-25)49(84)65-15-3-5-33(65)50(85)86/h6-9,24,27-33,42,66-68H,2-5,10-23,51H2,1H3,(H2,52,69)(H2,53,70)(H,54,72)(H,55,78)(H,56,79)(H,57,83)(H,58,73)(H,59,74)(H,60,81)(H,61,80)(H,62,82)(H,63,71)(H,76,77)(H,85,86)/t24-,27+,28+,29+,30+,31+,32+,33+,42+/m1/s1. The summed E-state index contributed by atoms with van der Waals surface area (Å²) in [4.78, 5) is 206. The van der Waals surface area contributed by atoms with Gasteiger partial charge in [0.1, 0.15) is 54.1 Å². The fourth-order valence-corrected chi connectivity index (χ4v) is 8.73. The smallest absolute Gasteiger partial charge is 0.326 e. The Morgan fingerprint density at radius 1 is 0.570 bits per heavy atom. The Balaban J connectivity index is 1.64. The van der Waals surface area contributed by atoms with Crippen molar-refractivity contribution in [3.8, 4) is 5.75 Å². The second kappa shape index (κ2) is 34.9. The molecule has 0 radical (unpaired) electrons. The van der Waals surface area contributed by atoms with E-state index in [0.717, 1.165) is 9.80 Å². The lowest BCUT2D eigenvalue weighted by Gasteiger charge is -2.27. The summed E-state index contributed by atoms with van der Waals surface area (Å²) in [6.45, 7) is -3.56. The average Bonchev–Trinajstić information content (AvgIpc) is 3.27. The van der Waals surface area contributed by atoms with E-state index in [2.05, 4.69) is 53.2 Å². The zero-order valence-electron chi connectivity index (χ0n) is 46.6. The minimum Gasteiger partial charge on any atom is -0.508 e. The van der Waals surface area contributed by atoms with E-state index in [1.807, 2.05) is 0 Å². The molecule has 86 heavy (non-hydrogen) atoms. The molecule has 36 heteroatoms. The molecule has 2 aliphatic heterocycles. The van der Waals surface area contributed by atoms with Crippen molar-refractivity contribution in [2.45, 2.75) is 126 Å². The highest BCUT2D eigenvalue weighted by atomic mass is 16.4. The van der Waals surface area contributed by atoms with E-state index in [1.165, 1.54) is 31.2 Å². The average molecular weight is 1220 g/mol. The van der Waals surface area contributed by atoms with Crippen molar-refractivity contribution in [3.63, 3.8) is 0 Å². The lowest BCUT2D eigenvalue weighted by atomic mass is 10.0. The molecule has 0 aromatic heterocycles. The van der Waals surface area contributed by atoms with Gasteiger partial charge in [0, 0.05) is 32.4 Å². The van der Waals surface area contributed by atoms with E-state index >= 15 is 0 Å². The van der Waals surface area contributed by atoms with Gasteiger partial charge in [-0.05, 0) is 63.1 Å². The van der Waals surface area contributed by atoms with Crippen molar-refractivity contribution >= 4 is 94.6 Å². The lowest BCUT2D eigenvalue weighted by molar-refractivity contribution is -0.149. The predicted octanol–water partition coefficient (Wildman–Crippen LogP) is -10.3. The number of carbonyl (C=O) groups excluding carboxylic acids is 14.